The van der Waals surface area contributed by atoms with E-state index in [1.165, 1.54) is 5.56 Å². The minimum absolute atomic E-state index is 0.143. The van der Waals surface area contributed by atoms with Crippen molar-refractivity contribution in [1.82, 2.24) is 10.2 Å². The molecule has 0 heterocycles. The Balaban J connectivity index is 1.91. The number of carbonyl (C=O) groups excluding carboxylic acids is 1. The minimum atomic E-state index is -0.143. The maximum atomic E-state index is 12.1. The van der Waals surface area contributed by atoms with Gasteiger partial charge in [0, 0.05) is 18.8 Å². The number of nitrogens with zero attached hydrogens (tertiary/aromatic N) is 1. The van der Waals surface area contributed by atoms with Crippen LogP contribution in [0.4, 0.5) is 5.69 Å². The number of rotatable bonds is 7. The Morgan fingerprint density at radius 3 is 2.22 bits per heavy atom. The first kappa shape index (κ1) is 17.0. The van der Waals surface area contributed by atoms with E-state index in [1.54, 1.807) is 12.1 Å². The summed E-state index contributed by atoms with van der Waals surface area (Å²) in [5.74, 6) is -0.143. The van der Waals surface area contributed by atoms with Gasteiger partial charge in [0.05, 0.1) is 5.56 Å². The Morgan fingerprint density at radius 1 is 1.00 bits per heavy atom. The number of amides is 1. The lowest BCUT2D eigenvalue weighted by Crippen LogP contribution is -2.24. The Bertz CT molecular complexity index is 633. The lowest BCUT2D eigenvalue weighted by Gasteiger charge is -2.18. The van der Waals surface area contributed by atoms with E-state index in [2.05, 4.69) is 48.3 Å². The molecule has 0 saturated heterocycles. The lowest BCUT2D eigenvalue weighted by molar-refractivity contribution is 0.0952. The predicted octanol–water partition coefficient (Wildman–Crippen LogP) is 3.04. The van der Waals surface area contributed by atoms with Gasteiger partial charge in [0.25, 0.3) is 5.91 Å². The fraction of sp³-hybridized carbons (Fsp3) is 0.316. The number of benzene rings is 2. The third-order valence-corrected chi connectivity index (χ3v) is 3.98. The predicted molar refractivity (Wildman–Crippen MR) is 95.1 cm³/mol. The Hall–Kier alpha value is -2.33. The summed E-state index contributed by atoms with van der Waals surface area (Å²) in [5.41, 5.74) is 9.20. The fourth-order valence-electron chi connectivity index (χ4n) is 2.45. The molecule has 0 aliphatic rings. The second kappa shape index (κ2) is 8.34. The second-order valence-electron chi connectivity index (χ2n) is 5.55. The zero-order chi connectivity index (χ0) is 16.7. The summed E-state index contributed by atoms with van der Waals surface area (Å²) < 4.78 is 0. The molecule has 0 aromatic heterocycles. The molecule has 3 N–H and O–H groups in total. The molecular formula is C19H25N3O. The molecule has 2 aromatic carbocycles. The topological polar surface area (TPSA) is 58.4 Å². The normalized spacial score (nSPS) is 10.7. The van der Waals surface area contributed by atoms with Crippen LogP contribution in [-0.4, -0.2) is 23.9 Å². The van der Waals surface area contributed by atoms with Gasteiger partial charge in [0.1, 0.15) is 0 Å². The zero-order valence-electron chi connectivity index (χ0n) is 13.9. The summed E-state index contributed by atoms with van der Waals surface area (Å²) in [6.45, 7) is 7.89. The van der Waals surface area contributed by atoms with Crippen molar-refractivity contribution in [2.75, 3.05) is 18.8 Å². The van der Waals surface area contributed by atoms with Gasteiger partial charge in [0.2, 0.25) is 0 Å². The van der Waals surface area contributed by atoms with Crippen LogP contribution in [0.3, 0.4) is 0 Å². The molecule has 4 heteroatoms. The molecule has 0 spiro atoms. The molecule has 0 saturated carbocycles. The molecule has 0 radical (unpaired) electrons. The fourth-order valence-corrected chi connectivity index (χ4v) is 2.45. The van der Waals surface area contributed by atoms with Gasteiger partial charge >= 0.3 is 0 Å². The van der Waals surface area contributed by atoms with E-state index in [-0.39, 0.29) is 5.91 Å². The molecule has 0 unspecified atom stereocenters. The van der Waals surface area contributed by atoms with Crippen molar-refractivity contribution in [3.8, 4) is 0 Å². The van der Waals surface area contributed by atoms with Crippen molar-refractivity contribution in [3.05, 3.63) is 65.2 Å². The van der Waals surface area contributed by atoms with Crippen molar-refractivity contribution < 1.29 is 4.79 Å². The van der Waals surface area contributed by atoms with Crippen molar-refractivity contribution in [1.29, 1.82) is 0 Å². The number of para-hydroxylation sites is 1. The monoisotopic (exact) mass is 311 g/mol. The van der Waals surface area contributed by atoms with Gasteiger partial charge < -0.3 is 11.1 Å². The summed E-state index contributed by atoms with van der Waals surface area (Å²) in [5, 5.41) is 2.91. The van der Waals surface area contributed by atoms with Gasteiger partial charge in [-0.15, -0.1) is 0 Å². The van der Waals surface area contributed by atoms with Crippen LogP contribution in [0, 0.1) is 0 Å². The molecule has 0 atom stereocenters. The molecule has 2 aromatic rings. The van der Waals surface area contributed by atoms with Crippen LogP contribution in [0.5, 0.6) is 0 Å². The standard InChI is InChI=1S/C19H25N3O/c1-3-22(4-2)14-16-11-9-15(10-12-16)13-21-19(23)17-7-5-6-8-18(17)20/h5-12H,3-4,13-14,20H2,1-2H3,(H,21,23). The molecular weight excluding hydrogens is 286 g/mol. The maximum Gasteiger partial charge on any atom is 0.253 e. The van der Waals surface area contributed by atoms with Crippen LogP contribution >= 0.6 is 0 Å². The van der Waals surface area contributed by atoms with E-state index in [1.807, 2.05) is 12.1 Å². The smallest absolute Gasteiger partial charge is 0.253 e. The molecule has 0 aliphatic carbocycles. The highest BCUT2D eigenvalue weighted by Gasteiger charge is 2.08. The molecule has 0 bridgehead atoms. The second-order valence-corrected chi connectivity index (χ2v) is 5.55. The molecule has 0 fully saturated rings. The lowest BCUT2D eigenvalue weighted by atomic mass is 10.1. The van der Waals surface area contributed by atoms with Crippen molar-refractivity contribution in [2.24, 2.45) is 0 Å². The number of hydrogen-bond donors (Lipinski definition) is 2. The highest BCUT2D eigenvalue weighted by atomic mass is 16.1. The van der Waals surface area contributed by atoms with Crippen molar-refractivity contribution >= 4 is 11.6 Å². The van der Waals surface area contributed by atoms with Gasteiger partial charge in [-0.25, -0.2) is 0 Å². The van der Waals surface area contributed by atoms with Crippen LogP contribution in [-0.2, 0) is 13.1 Å². The van der Waals surface area contributed by atoms with Crippen LogP contribution in [0.25, 0.3) is 0 Å². The van der Waals surface area contributed by atoms with Gasteiger partial charge in [-0.3, -0.25) is 9.69 Å². The average molecular weight is 311 g/mol. The third kappa shape index (κ3) is 4.83. The first-order valence-electron chi connectivity index (χ1n) is 8.07. The Morgan fingerprint density at radius 2 is 1.61 bits per heavy atom. The number of nitrogens with one attached hydrogen (secondary N) is 1. The summed E-state index contributed by atoms with van der Waals surface area (Å²) in [4.78, 5) is 14.5. The summed E-state index contributed by atoms with van der Waals surface area (Å²) in [6.07, 6.45) is 0. The molecule has 4 nitrogen and oxygen atoms in total. The van der Waals surface area contributed by atoms with E-state index in [9.17, 15) is 4.79 Å². The van der Waals surface area contributed by atoms with Crippen LogP contribution < -0.4 is 11.1 Å². The first-order valence-corrected chi connectivity index (χ1v) is 8.07. The number of anilines is 1. The van der Waals surface area contributed by atoms with Crippen LogP contribution in [0.2, 0.25) is 0 Å². The highest BCUT2D eigenvalue weighted by molar-refractivity contribution is 5.98. The molecule has 2 rings (SSSR count). The SMILES string of the molecule is CCN(CC)Cc1ccc(CNC(=O)c2ccccc2N)cc1. The maximum absolute atomic E-state index is 12.1. The van der Waals surface area contributed by atoms with Gasteiger partial charge in [0.15, 0.2) is 0 Å². The Labute approximate surface area is 138 Å². The summed E-state index contributed by atoms with van der Waals surface area (Å²) in [7, 11) is 0. The quantitative estimate of drug-likeness (QED) is 0.773. The van der Waals surface area contributed by atoms with Crippen LogP contribution in [0.1, 0.15) is 35.3 Å². The Kier molecular flexibility index (Phi) is 6.18. The number of hydrogen-bond acceptors (Lipinski definition) is 3. The molecule has 1 amide bonds. The largest absolute Gasteiger partial charge is 0.398 e. The van der Waals surface area contributed by atoms with Gasteiger partial charge in [-0.2, -0.15) is 0 Å². The van der Waals surface area contributed by atoms with Gasteiger partial charge in [-0.1, -0.05) is 50.2 Å². The van der Waals surface area contributed by atoms with E-state index in [0.717, 1.165) is 25.2 Å². The summed E-state index contributed by atoms with van der Waals surface area (Å²) in [6, 6.07) is 15.5. The number of carbonyl (C=O) groups is 1. The highest BCUT2D eigenvalue weighted by Crippen LogP contribution is 2.11. The van der Waals surface area contributed by atoms with Gasteiger partial charge in [-0.05, 0) is 36.3 Å². The van der Waals surface area contributed by atoms with Crippen molar-refractivity contribution in [3.63, 3.8) is 0 Å². The summed E-state index contributed by atoms with van der Waals surface area (Å²) >= 11 is 0. The van der Waals surface area contributed by atoms with E-state index in [0.29, 0.717) is 17.8 Å². The minimum Gasteiger partial charge on any atom is -0.398 e. The number of nitrogen functional groups attached to an aromatic ring is 1. The van der Waals surface area contributed by atoms with E-state index >= 15 is 0 Å². The van der Waals surface area contributed by atoms with Crippen molar-refractivity contribution in [2.45, 2.75) is 26.9 Å². The van der Waals surface area contributed by atoms with E-state index in [4.69, 9.17) is 5.73 Å². The van der Waals surface area contributed by atoms with Crippen LogP contribution in [0.15, 0.2) is 48.5 Å². The first-order chi connectivity index (χ1) is 11.1. The molecule has 0 aliphatic heterocycles. The average Bonchev–Trinajstić information content (AvgIpc) is 2.59. The van der Waals surface area contributed by atoms with E-state index < -0.39 is 0 Å². The zero-order valence-corrected chi connectivity index (χ0v) is 13.9. The number of nitrogens with two attached hydrogens (primary N) is 1. The molecule has 122 valence electrons. The molecule has 23 heavy (non-hydrogen) atoms. The third-order valence-electron chi connectivity index (χ3n) is 3.98.